The molecule has 0 aliphatic carbocycles. The van der Waals surface area contributed by atoms with Gasteiger partial charge in [-0.15, -0.1) is 0 Å². The molecular weight excluding hydrogens is 316 g/mol. The monoisotopic (exact) mass is 344 g/mol. The molecule has 25 heavy (non-hydrogen) atoms. The fraction of sp³-hybridized carbons (Fsp3) is 0.579. The van der Waals surface area contributed by atoms with Crippen molar-refractivity contribution in [1.29, 1.82) is 0 Å². The molecule has 2 N–H and O–H groups in total. The normalized spacial score (nSPS) is 29.6. The highest BCUT2D eigenvalue weighted by Gasteiger charge is 2.52. The Morgan fingerprint density at radius 1 is 0.880 bits per heavy atom. The lowest BCUT2D eigenvalue weighted by Crippen LogP contribution is -2.74. The summed E-state index contributed by atoms with van der Waals surface area (Å²) in [6.45, 7) is 10.0. The van der Waals surface area contributed by atoms with Gasteiger partial charge in [0, 0.05) is 24.0 Å². The average molecular weight is 344 g/mol. The zero-order chi connectivity index (χ0) is 18.3. The second kappa shape index (κ2) is 6.58. The van der Waals surface area contributed by atoms with Crippen molar-refractivity contribution in [1.82, 2.24) is 20.4 Å². The van der Waals surface area contributed by atoms with Crippen LogP contribution in [0.5, 0.6) is 0 Å². The van der Waals surface area contributed by atoms with Crippen LogP contribution in [0, 0.1) is 5.92 Å². The molecule has 6 nitrogen and oxygen atoms in total. The number of amides is 4. The molecule has 3 rings (SSSR count). The number of nitrogens with zero attached hydrogens (tertiary/aromatic N) is 2. The molecule has 4 atom stereocenters. The van der Waals surface area contributed by atoms with Crippen LogP contribution in [-0.4, -0.2) is 46.2 Å². The van der Waals surface area contributed by atoms with Crippen LogP contribution >= 0.6 is 0 Å². The van der Waals surface area contributed by atoms with E-state index in [1.165, 1.54) is 0 Å². The molecule has 0 bridgehead atoms. The maximum absolute atomic E-state index is 12.9. The molecule has 1 aromatic carbocycles. The summed E-state index contributed by atoms with van der Waals surface area (Å²) in [5, 5.41) is 6.19. The van der Waals surface area contributed by atoms with Crippen molar-refractivity contribution in [3.05, 3.63) is 35.9 Å². The van der Waals surface area contributed by atoms with Crippen LogP contribution < -0.4 is 10.6 Å². The Morgan fingerprint density at radius 3 is 2.00 bits per heavy atom. The van der Waals surface area contributed by atoms with Crippen LogP contribution in [0.15, 0.2) is 30.3 Å². The molecule has 0 saturated carbocycles. The standard InChI is InChI=1S/C19H28N4O2/c1-11(2)22-16(14-9-7-6-8-10-14)15-13(5)20-18(24)23(12(3)4)17(15)21-19(22)25/h6-13,15-17H,1-5H3,(H,20,24)(H,21,25)/t13-,15-,16-,17+/m0/s1. The lowest BCUT2D eigenvalue weighted by molar-refractivity contribution is -0.0116. The van der Waals surface area contributed by atoms with E-state index in [2.05, 4.69) is 22.8 Å². The Morgan fingerprint density at radius 2 is 1.44 bits per heavy atom. The SMILES string of the molecule is CC(C)N1C(=O)N[C@@H](C)[C@@H]2[C@@H]1NC(=O)N(C(C)C)[C@H]2c1ccccc1. The van der Waals surface area contributed by atoms with E-state index < -0.39 is 0 Å². The van der Waals surface area contributed by atoms with Crippen molar-refractivity contribution in [2.75, 3.05) is 0 Å². The van der Waals surface area contributed by atoms with Crippen LogP contribution in [0.2, 0.25) is 0 Å². The van der Waals surface area contributed by atoms with Gasteiger partial charge in [0.05, 0.1) is 6.04 Å². The molecule has 2 fully saturated rings. The van der Waals surface area contributed by atoms with Crippen LogP contribution in [0.4, 0.5) is 9.59 Å². The molecule has 2 aliphatic rings. The molecule has 2 saturated heterocycles. The highest BCUT2D eigenvalue weighted by molar-refractivity contribution is 5.81. The largest absolute Gasteiger partial charge is 0.335 e. The first-order valence-corrected chi connectivity index (χ1v) is 9.05. The van der Waals surface area contributed by atoms with Gasteiger partial charge < -0.3 is 20.4 Å². The summed E-state index contributed by atoms with van der Waals surface area (Å²) >= 11 is 0. The third-order valence-electron chi connectivity index (χ3n) is 5.25. The highest BCUT2D eigenvalue weighted by Crippen LogP contribution is 2.40. The topological polar surface area (TPSA) is 64.7 Å². The van der Waals surface area contributed by atoms with Gasteiger partial charge in [-0.25, -0.2) is 9.59 Å². The lowest BCUT2D eigenvalue weighted by atomic mass is 9.80. The number of urea groups is 2. The van der Waals surface area contributed by atoms with E-state index >= 15 is 0 Å². The van der Waals surface area contributed by atoms with Gasteiger partial charge in [-0.2, -0.15) is 0 Å². The molecule has 136 valence electrons. The van der Waals surface area contributed by atoms with Gasteiger partial charge in [0.2, 0.25) is 0 Å². The molecule has 2 aliphatic heterocycles. The number of hydrogen-bond acceptors (Lipinski definition) is 2. The summed E-state index contributed by atoms with van der Waals surface area (Å²) in [6.07, 6.45) is -0.309. The number of rotatable bonds is 3. The van der Waals surface area contributed by atoms with E-state index in [-0.39, 0.29) is 48.3 Å². The van der Waals surface area contributed by atoms with Gasteiger partial charge in [-0.05, 0) is 40.2 Å². The minimum Gasteiger partial charge on any atom is -0.335 e. The van der Waals surface area contributed by atoms with E-state index in [4.69, 9.17) is 0 Å². The van der Waals surface area contributed by atoms with Crippen LogP contribution in [0.3, 0.4) is 0 Å². The van der Waals surface area contributed by atoms with E-state index in [0.717, 1.165) is 5.56 Å². The van der Waals surface area contributed by atoms with Crippen molar-refractivity contribution in [2.45, 2.75) is 65.0 Å². The number of nitrogens with one attached hydrogen (secondary N) is 2. The smallest absolute Gasteiger partial charge is 0.319 e. The first kappa shape index (κ1) is 17.6. The highest BCUT2D eigenvalue weighted by atomic mass is 16.2. The Kier molecular flexibility index (Phi) is 4.62. The molecule has 0 unspecified atom stereocenters. The Balaban J connectivity index is 2.10. The number of carbonyl (C=O) groups excluding carboxylic acids is 2. The van der Waals surface area contributed by atoms with Gasteiger partial charge in [0.15, 0.2) is 0 Å². The zero-order valence-electron chi connectivity index (χ0n) is 15.6. The van der Waals surface area contributed by atoms with Crippen LogP contribution in [0.1, 0.15) is 46.2 Å². The summed E-state index contributed by atoms with van der Waals surface area (Å²) in [4.78, 5) is 29.1. The maximum Gasteiger partial charge on any atom is 0.319 e. The second-order valence-corrected chi connectivity index (χ2v) is 7.57. The van der Waals surface area contributed by atoms with E-state index in [9.17, 15) is 9.59 Å². The Hall–Kier alpha value is -2.24. The van der Waals surface area contributed by atoms with Gasteiger partial charge in [-0.3, -0.25) is 0 Å². The maximum atomic E-state index is 12.9. The molecular formula is C19H28N4O2. The van der Waals surface area contributed by atoms with Gasteiger partial charge in [-0.1, -0.05) is 30.3 Å². The Bertz CT molecular complexity index is 646. The van der Waals surface area contributed by atoms with Crippen molar-refractivity contribution < 1.29 is 9.59 Å². The number of carbonyl (C=O) groups is 2. The predicted molar refractivity (Wildman–Crippen MR) is 96.9 cm³/mol. The van der Waals surface area contributed by atoms with Crippen molar-refractivity contribution >= 4 is 12.1 Å². The number of fused-ring (bicyclic) bond motifs is 1. The second-order valence-electron chi connectivity index (χ2n) is 7.57. The zero-order valence-corrected chi connectivity index (χ0v) is 15.6. The van der Waals surface area contributed by atoms with Crippen molar-refractivity contribution in [3.8, 4) is 0 Å². The lowest BCUT2D eigenvalue weighted by Gasteiger charge is -2.55. The summed E-state index contributed by atoms with van der Waals surface area (Å²) in [6, 6.07) is 9.82. The van der Waals surface area contributed by atoms with Crippen molar-refractivity contribution in [3.63, 3.8) is 0 Å². The van der Waals surface area contributed by atoms with E-state index in [0.29, 0.717) is 0 Å². The molecule has 0 radical (unpaired) electrons. The molecule has 0 spiro atoms. The molecule has 1 aromatic rings. The van der Waals surface area contributed by atoms with Gasteiger partial charge in [0.25, 0.3) is 0 Å². The van der Waals surface area contributed by atoms with Gasteiger partial charge >= 0.3 is 12.1 Å². The third kappa shape index (κ3) is 2.94. The fourth-order valence-electron chi connectivity index (χ4n) is 4.22. The molecule has 2 heterocycles. The quantitative estimate of drug-likeness (QED) is 0.885. The summed E-state index contributed by atoms with van der Waals surface area (Å²) in [5.74, 6) is 0.0580. The van der Waals surface area contributed by atoms with Crippen LogP contribution in [0.25, 0.3) is 0 Å². The van der Waals surface area contributed by atoms with Crippen molar-refractivity contribution in [2.24, 2.45) is 5.92 Å². The molecule has 6 heteroatoms. The average Bonchev–Trinajstić information content (AvgIpc) is 2.53. The fourth-order valence-corrected chi connectivity index (χ4v) is 4.22. The predicted octanol–water partition coefficient (Wildman–Crippen LogP) is 2.93. The molecule has 4 amide bonds. The first-order valence-electron chi connectivity index (χ1n) is 9.05. The first-order chi connectivity index (χ1) is 11.8. The number of hydrogen-bond donors (Lipinski definition) is 2. The summed E-state index contributed by atoms with van der Waals surface area (Å²) in [5.41, 5.74) is 1.10. The van der Waals surface area contributed by atoms with Gasteiger partial charge in [0.1, 0.15) is 6.17 Å². The minimum atomic E-state index is -0.309. The van der Waals surface area contributed by atoms with E-state index in [1.54, 1.807) is 4.90 Å². The summed E-state index contributed by atoms with van der Waals surface area (Å²) < 4.78 is 0. The van der Waals surface area contributed by atoms with E-state index in [1.807, 2.05) is 57.7 Å². The summed E-state index contributed by atoms with van der Waals surface area (Å²) in [7, 11) is 0. The minimum absolute atomic E-state index is 0.00215. The third-order valence-corrected chi connectivity index (χ3v) is 5.25. The molecule has 0 aromatic heterocycles. The Labute approximate surface area is 149 Å². The number of benzene rings is 1. The van der Waals surface area contributed by atoms with Crippen LogP contribution in [-0.2, 0) is 0 Å².